The van der Waals surface area contributed by atoms with E-state index in [1.165, 1.54) is 0 Å². The van der Waals surface area contributed by atoms with Gasteiger partial charge >= 0.3 is 0 Å². The van der Waals surface area contributed by atoms with Gasteiger partial charge in [-0.05, 0) is 31.3 Å². The molecule has 0 aromatic carbocycles. The molecule has 0 radical (unpaired) electrons. The maximum atomic E-state index is 10.8. The summed E-state index contributed by atoms with van der Waals surface area (Å²) in [6.45, 7) is 5.28. The Hall–Kier alpha value is -0.610. The molecule has 1 heterocycles. The summed E-state index contributed by atoms with van der Waals surface area (Å²) in [6, 6.07) is 0. The number of carbonyl (C=O) groups excluding carboxylic acids is 1. The molecule has 4 nitrogen and oxygen atoms in total. The van der Waals surface area contributed by atoms with Crippen LogP contribution < -0.4 is 11.5 Å². The van der Waals surface area contributed by atoms with Gasteiger partial charge in [-0.25, -0.2) is 0 Å². The summed E-state index contributed by atoms with van der Waals surface area (Å²) >= 11 is 0. The van der Waals surface area contributed by atoms with Crippen LogP contribution in [0.3, 0.4) is 0 Å². The van der Waals surface area contributed by atoms with Crippen LogP contribution in [-0.2, 0) is 4.79 Å². The highest BCUT2D eigenvalue weighted by atomic mass is 16.1. The zero-order chi connectivity index (χ0) is 10.6. The average molecular weight is 199 g/mol. The molecule has 1 aliphatic heterocycles. The van der Waals surface area contributed by atoms with Crippen LogP contribution in [0.15, 0.2) is 0 Å². The molecule has 4 N–H and O–H groups in total. The molecule has 2 atom stereocenters. The second kappa shape index (κ2) is 5.32. The highest BCUT2D eigenvalue weighted by Crippen LogP contribution is 2.24. The van der Waals surface area contributed by atoms with E-state index in [0.717, 1.165) is 32.5 Å². The van der Waals surface area contributed by atoms with E-state index in [9.17, 15) is 4.79 Å². The Morgan fingerprint density at radius 1 is 1.50 bits per heavy atom. The number of hydrogen-bond acceptors (Lipinski definition) is 3. The first-order valence-corrected chi connectivity index (χ1v) is 5.38. The predicted octanol–water partition coefficient (Wildman–Crippen LogP) is -0.221. The lowest BCUT2D eigenvalue weighted by molar-refractivity contribution is -0.119. The van der Waals surface area contributed by atoms with Gasteiger partial charge < -0.3 is 11.5 Å². The SMILES string of the molecule is CCC1CN(CC(N)=O)CCC1CN. The van der Waals surface area contributed by atoms with Gasteiger partial charge in [0.15, 0.2) is 0 Å². The van der Waals surface area contributed by atoms with E-state index in [1.807, 2.05) is 0 Å². The molecule has 1 rings (SSSR count). The fourth-order valence-corrected chi connectivity index (χ4v) is 2.29. The van der Waals surface area contributed by atoms with Crippen molar-refractivity contribution in [3.8, 4) is 0 Å². The number of rotatable bonds is 4. The fraction of sp³-hybridized carbons (Fsp3) is 0.900. The van der Waals surface area contributed by atoms with E-state index in [0.29, 0.717) is 18.4 Å². The Balaban J connectivity index is 2.43. The second-order valence-electron chi connectivity index (χ2n) is 4.15. The minimum absolute atomic E-state index is 0.231. The van der Waals surface area contributed by atoms with Gasteiger partial charge in [-0.3, -0.25) is 9.69 Å². The molecular formula is C10H21N3O. The normalized spacial score (nSPS) is 29.0. The predicted molar refractivity (Wildman–Crippen MR) is 56.6 cm³/mol. The molecule has 4 heteroatoms. The highest BCUT2D eigenvalue weighted by molar-refractivity contribution is 5.75. The van der Waals surface area contributed by atoms with Crippen molar-refractivity contribution in [1.29, 1.82) is 0 Å². The third-order valence-corrected chi connectivity index (χ3v) is 3.18. The molecule has 0 aliphatic carbocycles. The van der Waals surface area contributed by atoms with Gasteiger partial charge in [0.2, 0.25) is 5.91 Å². The third kappa shape index (κ3) is 2.96. The molecule has 14 heavy (non-hydrogen) atoms. The van der Waals surface area contributed by atoms with Gasteiger partial charge in [0, 0.05) is 6.54 Å². The number of amides is 1. The van der Waals surface area contributed by atoms with Gasteiger partial charge in [-0.1, -0.05) is 13.3 Å². The first-order valence-electron chi connectivity index (χ1n) is 5.38. The molecule has 82 valence electrons. The first kappa shape index (κ1) is 11.5. The van der Waals surface area contributed by atoms with Crippen molar-refractivity contribution in [2.75, 3.05) is 26.2 Å². The molecule has 1 saturated heterocycles. The summed E-state index contributed by atoms with van der Waals surface area (Å²) in [5, 5.41) is 0. The number of piperidine rings is 1. The maximum Gasteiger partial charge on any atom is 0.231 e. The standard InChI is InChI=1S/C10H21N3O/c1-2-8-6-13(7-10(12)14)4-3-9(8)5-11/h8-9H,2-7,11H2,1H3,(H2,12,14). The van der Waals surface area contributed by atoms with Gasteiger partial charge in [-0.2, -0.15) is 0 Å². The van der Waals surface area contributed by atoms with Crippen LogP contribution in [0.25, 0.3) is 0 Å². The number of nitrogens with two attached hydrogens (primary N) is 2. The Morgan fingerprint density at radius 2 is 2.21 bits per heavy atom. The largest absolute Gasteiger partial charge is 0.369 e. The molecule has 0 spiro atoms. The molecule has 0 aromatic rings. The van der Waals surface area contributed by atoms with E-state index < -0.39 is 0 Å². The van der Waals surface area contributed by atoms with E-state index in [-0.39, 0.29) is 5.91 Å². The van der Waals surface area contributed by atoms with Gasteiger partial charge in [0.25, 0.3) is 0 Å². The van der Waals surface area contributed by atoms with Crippen LogP contribution in [0, 0.1) is 11.8 Å². The second-order valence-corrected chi connectivity index (χ2v) is 4.15. The topological polar surface area (TPSA) is 72.3 Å². The summed E-state index contributed by atoms with van der Waals surface area (Å²) in [5.74, 6) is 1.03. The zero-order valence-electron chi connectivity index (χ0n) is 8.91. The fourth-order valence-electron chi connectivity index (χ4n) is 2.29. The van der Waals surface area contributed by atoms with Crippen molar-refractivity contribution < 1.29 is 4.79 Å². The Bertz CT molecular complexity index is 196. The lowest BCUT2D eigenvalue weighted by atomic mass is 9.84. The lowest BCUT2D eigenvalue weighted by Gasteiger charge is -2.37. The summed E-state index contributed by atoms with van der Waals surface area (Å²) in [6.07, 6.45) is 2.24. The smallest absolute Gasteiger partial charge is 0.231 e. The van der Waals surface area contributed by atoms with Crippen LogP contribution in [0.2, 0.25) is 0 Å². The van der Waals surface area contributed by atoms with E-state index in [2.05, 4.69) is 11.8 Å². The number of carbonyl (C=O) groups is 1. The van der Waals surface area contributed by atoms with Crippen LogP contribution in [0.1, 0.15) is 19.8 Å². The molecule has 1 amide bonds. The highest BCUT2D eigenvalue weighted by Gasteiger charge is 2.27. The third-order valence-electron chi connectivity index (χ3n) is 3.18. The molecule has 0 bridgehead atoms. The minimum atomic E-state index is -0.231. The van der Waals surface area contributed by atoms with Gasteiger partial charge in [0.05, 0.1) is 6.54 Å². The van der Waals surface area contributed by atoms with E-state index in [4.69, 9.17) is 11.5 Å². The van der Waals surface area contributed by atoms with Crippen molar-refractivity contribution in [2.24, 2.45) is 23.3 Å². The summed E-state index contributed by atoms with van der Waals surface area (Å²) < 4.78 is 0. The van der Waals surface area contributed by atoms with Crippen molar-refractivity contribution in [2.45, 2.75) is 19.8 Å². The maximum absolute atomic E-state index is 10.8. The molecule has 1 fully saturated rings. The number of primary amides is 1. The lowest BCUT2D eigenvalue weighted by Crippen LogP contribution is -2.45. The molecular weight excluding hydrogens is 178 g/mol. The van der Waals surface area contributed by atoms with Crippen LogP contribution in [0.4, 0.5) is 0 Å². The zero-order valence-corrected chi connectivity index (χ0v) is 8.91. The number of likely N-dealkylation sites (tertiary alicyclic amines) is 1. The Kier molecular flexibility index (Phi) is 4.35. The van der Waals surface area contributed by atoms with E-state index >= 15 is 0 Å². The van der Waals surface area contributed by atoms with Crippen LogP contribution >= 0.6 is 0 Å². The summed E-state index contributed by atoms with van der Waals surface area (Å²) in [5.41, 5.74) is 10.9. The number of nitrogens with zero attached hydrogens (tertiary/aromatic N) is 1. The first-order chi connectivity index (χ1) is 6.67. The molecule has 0 saturated carbocycles. The molecule has 2 unspecified atom stereocenters. The Morgan fingerprint density at radius 3 is 2.71 bits per heavy atom. The van der Waals surface area contributed by atoms with Crippen LogP contribution in [0.5, 0.6) is 0 Å². The Labute approximate surface area is 85.6 Å². The quantitative estimate of drug-likeness (QED) is 0.657. The monoisotopic (exact) mass is 199 g/mol. The summed E-state index contributed by atoms with van der Waals surface area (Å²) in [7, 11) is 0. The van der Waals surface area contributed by atoms with Gasteiger partial charge in [-0.15, -0.1) is 0 Å². The van der Waals surface area contributed by atoms with Crippen molar-refractivity contribution in [3.63, 3.8) is 0 Å². The number of hydrogen-bond donors (Lipinski definition) is 2. The molecule has 1 aliphatic rings. The minimum Gasteiger partial charge on any atom is -0.369 e. The van der Waals surface area contributed by atoms with Crippen LogP contribution in [-0.4, -0.2) is 37.0 Å². The van der Waals surface area contributed by atoms with E-state index in [1.54, 1.807) is 0 Å². The molecule has 0 aromatic heterocycles. The van der Waals surface area contributed by atoms with Crippen molar-refractivity contribution in [1.82, 2.24) is 4.90 Å². The average Bonchev–Trinajstić information content (AvgIpc) is 2.16. The van der Waals surface area contributed by atoms with Gasteiger partial charge in [0.1, 0.15) is 0 Å². The van der Waals surface area contributed by atoms with Crippen molar-refractivity contribution >= 4 is 5.91 Å². The summed E-state index contributed by atoms with van der Waals surface area (Å²) in [4.78, 5) is 12.9. The van der Waals surface area contributed by atoms with Crippen molar-refractivity contribution in [3.05, 3.63) is 0 Å².